The summed E-state index contributed by atoms with van der Waals surface area (Å²) < 4.78 is 25.9. The van der Waals surface area contributed by atoms with E-state index in [9.17, 15) is 14.4 Å². The summed E-state index contributed by atoms with van der Waals surface area (Å²) in [6.45, 7) is 0.263. The number of amides is 1. The maximum absolute atomic E-state index is 13.8. The van der Waals surface area contributed by atoms with Crippen molar-refractivity contribution in [2.24, 2.45) is 0 Å². The standard InChI is InChI=1S/C24H18BrFN2O3/c1-30-19-11-10-16(23(13-19)31-15-17-6-2-3-7-20(17)25)12-18(14-27)24(29)28-22-9-5-4-8-21(22)26/h2-13H,15H2,1H3,(H,28,29)/b18-12+. The second-order valence-electron chi connectivity index (χ2n) is 6.39. The zero-order chi connectivity index (χ0) is 22.2. The van der Waals surface area contributed by atoms with Crippen LogP contribution >= 0.6 is 15.9 Å². The van der Waals surface area contributed by atoms with Gasteiger partial charge in [0.25, 0.3) is 5.91 Å². The molecule has 31 heavy (non-hydrogen) atoms. The topological polar surface area (TPSA) is 71.3 Å². The van der Waals surface area contributed by atoms with E-state index in [0.29, 0.717) is 17.1 Å². The van der Waals surface area contributed by atoms with Crippen molar-refractivity contribution >= 4 is 33.6 Å². The molecule has 0 bridgehead atoms. The average Bonchev–Trinajstić information content (AvgIpc) is 2.78. The highest BCUT2D eigenvalue weighted by Crippen LogP contribution is 2.29. The molecule has 0 heterocycles. The third-order valence-electron chi connectivity index (χ3n) is 4.35. The number of halogens is 2. The first-order chi connectivity index (χ1) is 15.0. The second kappa shape index (κ2) is 10.4. The molecule has 0 aromatic heterocycles. The van der Waals surface area contributed by atoms with Crippen LogP contribution in [0.5, 0.6) is 11.5 Å². The lowest BCUT2D eigenvalue weighted by molar-refractivity contribution is -0.112. The molecule has 0 saturated carbocycles. The number of carbonyl (C=O) groups excluding carboxylic acids is 1. The second-order valence-corrected chi connectivity index (χ2v) is 7.24. The number of nitrogens with zero attached hydrogens (tertiary/aromatic N) is 1. The summed E-state index contributed by atoms with van der Waals surface area (Å²) in [6.07, 6.45) is 1.39. The molecule has 1 amide bonds. The van der Waals surface area contributed by atoms with Crippen molar-refractivity contribution < 1.29 is 18.7 Å². The van der Waals surface area contributed by atoms with Gasteiger partial charge in [-0.05, 0) is 36.4 Å². The summed E-state index contributed by atoms with van der Waals surface area (Å²) in [5.74, 6) is -0.314. The summed E-state index contributed by atoms with van der Waals surface area (Å²) in [5.41, 5.74) is 1.24. The molecular weight excluding hydrogens is 463 g/mol. The summed E-state index contributed by atoms with van der Waals surface area (Å²) in [5, 5.41) is 11.9. The summed E-state index contributed by atoms with van der Waals surface area (Å²) >= 11 is 3.48. The Morgan fingerprint density at radius 2 is 1.90 bits per heavy atom. The monoisotopic (exact) mass is 480 g/mol. The number of hydrogen-bond donors (Lipinski definition) is 1. The number of benzene rings is 3. The lowest BCUT2D eigenvalue weighted by Crippen LogP contribution is -2.14. The zero-order valence-electron chi connectivity index (χ0n) is 16.6. The van der Waals surface area contributed by atoms with E-state index < -0.39 is 11.7 Å². The lowest BCUT2D eigenvalue weighted by atomic mass is 10.1. The third kappa shape index (κ3) is 5.71. The van der Waals surface area contributed by atoms with Gasteiger partial charge in [0, 0.05) is 21.7 Å². The minimum atomic E-state index is -0.722. The van der Waals surface area contributed by atoms with Crippen molar-refractivity contribution in [1.82, 2.24) is 0 Å². The molecule has 0 aliphatic carbocycles. The molecule has 0 aliphatic heterocycles. The number of rotatable bonds is 7. The van der Waals surface area contributed by atoms with E-state index >= 15 is 0 Å². The molecule has 0 radical (unpaired) electrons. The first kappa shape index (κ1) is 22.1. The van der Waals surface area contributed by atoms with E-state index in [1.165, 1.54) is 31.4 Å². The largest absolute Gasteiger partial charge is 0.497 e. The van der Waals surface area contributed by atoms with Crippen LogP contribution in [0.2, 0.25) is 0 Å². The van der Waals surface area contributed by atoms with E-state index in [1.807, 2.05) is 30.3 Å². The van der Waals surface area contributed by atoms with Gasteiger partial charge in [0.05, 0.1) is 12.8 Å². The fourth-order valence-electron chi connectivity index (χ4n) is 2.71. The Kier molecular flexibility index (Phi) is 7.41. The van der Waals surface area contributed by atoms with E-state index in [-0.39, 0.29) is 17.9 Å². The van der Waals surface area contributed by atoms with Gasteiger partial charge in [-0.2, -0.15) is 5.26 Å². The number of nitrogens with one attached hydrogen (secondary N) is 1. The third-order valence-corrected chi connectivity index (χ3v) is 5.12. The number of nitriles is 1. The molecule has 0 saturated heterocycles. The van der Waals surface area contributed by atoms with Crippen LogP contribution < -0.4 is 14.8 Å². The minimum absolute atomic E-state index is 0.00576. The Morgan fingerprint density at radius 1 is 1.16 bits per heavy atom. The highest BCUT2D eigenvalue weighted by Gasteiger charge is 2.14. The Balaban J connectivity index is 1.88. The summed E-state index contributed by atoms with van der Waals surface area (Å²) in [6, 6.07) is 20.3. The fraction of sp³-hybridized carbons (Fsp3) is 0.0833. The first-order valence-electron chi connectivity index (χ1n) is 9.23. The predicted molar refractivity (Wildman–Crippen MR) is 120 cm³/mol. The van der Waals surface area contributed by atoms with Gasteiger partial charge >= 0.3 is 0 Å². The molecule has 0 unspecified atom stereocenters. The first-order valence-corrected chi connectivity index (χ1v) is 10.0. The van der Waals surface area contributed by atoms with Crippen molar-refractivity contribution in [2.45, 2.75) is 6.61 Å². The van der Waals surface area contributed by atoms with Crippen LogP contribution in [0.4, 0.5) is 10.1 Å². The maximum atomic E-state index is 13.8. The molecule has 0 fully saturated rings. The van der Waals surface area contributed by atoms with E-state index in [4.69, 9.17) is 9.47 Å². The van der Waals surface area contributed by atoms with Gasteiger partial charge in [-0.1, -0.05) is 46.3 Å². The van der Waals surface area contributed by atoms with Gasteiger partial charge in [0.15, 0.2) is 0 Å². The van der Waals surface area contributed by atoms with E-state index in [1.54, 1.807) is 24.3 Å². The number of carbonyl (C=O) groups is 1. The smallest absolute Gasteiger partial charge is 0.266 e. The van der Waals surface area contributed by atoms with Crippen molar-refractivity contribution in [3.63, 3.8) is 0 Å². The quantitative estimate of drug-likeness (QED) is 0.346. The van der Waals surface area contributed by atoms with Crippen molar-refractivity contribution in [3.05, 3.63) is 93.7 Å². The molecule has 1 N–H and O–H groups in total. The van der Waals surface area contributed by atoms with Crippen LogP contribution in [-0.4, -0.2) is 13.0 Å². The summed E-state index contributed by atoms with van der Waals surface area (Å²) in [7, 11) is 1.53. The molecule has 5 nitrogen and oxygen atoms in total. The molecule has 3 rings (SSSR count). The normalized spacial score (nSPS) is 10.8. The molecule has 0 atom stereocenters. The van der Waals surface area contributed by atoms with Gasteiger partial charge < -0.3 is 14.8 Å². The Bertz CT molecular complexity index is 1170. The average molecular weight is 481 g/mol. The van der Waals surface area contributed by atoms with Gasteiger partial charge in [-0.25, -0.2) is 4.39 Å². The van der Waals surface area contributed by atoms with E-state index in [2.05, 4.69) is 21.2 Å². The van der Waals surface area contributed by atoms with Crippen LogP contribution in [-0.2, 0) is 11.4 Å². The van der Waals surface area contributed by atoms with Crippen LogP contribution in [0, 0.1) is 17.1 Å². The van der Waals surface area contributed by atoms with Crippen molar-refractivity contribution in [3.8, 4) is 17.6 Å². The summed E-state index contributed by atoms with van der Waals surface area (Å²) in [4.78, 5) is 12.5. The van der Waals surface area contributed by atoms with E-state index in [0.717, 1.165) is 10.0 Å². The van der Waals surface area contributed by atoms with Crippen molar-refractivity contribution in [1.29, 1.82) is 5.26 Å². The molecule has 0 spiro atoms. The fourth-order valence-corrected chi connectivity index (χ4v) is 3.11. The Morgan fingerprint density at radius 3 is 2.61 bits per heavy atom. The number of para-hydroxylation sites is 1. The van der Waals surface area contributed by atoms with Gasteiger partial charge in [0.2, 0.25) is 0 Å². The maximum Gasteiger partial charge on any atom is 0.266 e. The zero-order valence-corrected chi connectivity index (χ0v) is 18.1. The van der Waals surface area contributed by atoms with Crippen molar-refractivity contribution in [2.75, 3.05) is 12.4 Å². The lowest BCUT2D eigenvalue weighted by Gasteiger charge is -2.12. The van der Waals surface area contributed by atoms with Crippen LogP contribution in [0.1, 0.15) is 11.1 Å². The molecule has 0 aliphatic rings. The van der Waals surface area contributed by atoms with Gasteiger partial charge in [-0.3, -0.25) is 4.79 Å². The van der Waals surface area contributed by atoms with Gasteiger partial charge in [0.1, 0.15) is 35.6 Å². The molecule has 3 aromatic carbocycles. The highest BCUT2D eigenvalue weighted by molar-refractivity contribution is 9.10. The molecule has 7 heteroatoms. The number of ether oxygens (including phenoxy) is 2. The highest BCUT2D eigenvalue weighted by atomic mass is 79.9. The van der Waals surface area contributed by atoms with Crippen LogP contribution in [0.3, 0.4) is 0 Å². The predicted octanol–water partition coefficient (Wildman–Crippen LogP) is 5.72. The Hall–Kier alpha value is -3.63. The molecular formula is C24H18BrFN2O3. The minimum Gasteiger partial charge on any atom is -0.497 e. The van der Waals surface area contributed by atoms with Gasteiger partial charge in [-0.15, -0.1) is 0 Å². The Labute approximate surface area is 187 Å². The SMILES string of the molecule is COc1ccc(/C=C(\C#N)C(=O)Nc2ccccc2F)c(OCc2ccccc2Br)c1. The number of methoxy groups -OCH3 is 1. The number of hydrogen-bond acceptors (Lipinski definition) is 4. The van der Waals surface area contributed by atoms with Crippen LogP contribution in [0.15, 0.2) is 76.8 Å². The molecule has 156 valence electrons. The van der Waals surface area contributed by atoms with Crippen LogP contribution in [0.25, 0.3) is 6.08 Å². The number of anilines is 1. The molecule has 3 aromatic rings.